The van der Waals surface area contributed by atoms with E-state index in [1.807, 2.05) is 0 Å². The van der Waals surface area contributed by atoms with Gasteiger partial charge in [0.2, 0.25) is 0 Å². The van der Waals surface area contributed by atoms with Crippen LogP contribution in [0.5, 0.6) is 0 Å². The van der Waals surface area contributed by atoms with Gasteiger partial charge < -0.3 is 19.7 Å². The van der Waals surface area contributed by atoms with E-state index in [0.717, 1.165) is 51.7 Å². The minimum absolute atomic E-state index is 0.685. The van der Waals surface area contributed by atoms with Crippen LogP contribution in [0.2, 0.25) is 0 Å². The van der Waals surface area contributed by atoms with Gasteiger partial charge in [-0.05, 0) is 49.8 Å². The number of hydrogen-bond donors (Lipinski definition) is 1. The monoisotopic (exact) mass is 447 g/mol. The summed E-state index contributed by atoms with van der Waals surface area (Å²) in [5, 5.41) is 3.47. The van der Waals surface area contributed by atoms with E-state index in [-0.39, 0.29) is 0 Å². The van der Waals surface area contributed by atoms with Crippen molar-refractivity contribution in [1.29, 1.82) is 0 Å². The van der Waals surface area contributed by atoms with Crippen molar-refractivity contribution in [2.45, 2.75) is 72.4 Å². The lowest BCUT2D eigenvalue weighted by Crippen LogP contribution is -2.49. The lowest BCUT2D eigenvalue weighted by atomic mass is 10.0. The Kier molecular flexibility index (Phi) is 14.0. The number of piperazine rings is 1. The van der Waals surface area contributed by atoms with Crippen LogP contribution in [-0.4, -0.2) is 70.1 Å². The summed E-state index contributed by atoms with van der Waals surface area (Å²) in [7, 11) is 0. The number of rotatable bonds is 17. The van der Waals surface area contributed by atoms with Gasteiger partial charge in [0.15, 0.2) is 0 Å². The van der Waals surface area contributed by atoms with Crippen LogP contribution in [0.15, 0.2) is 24.3 Å². The summed E-state index contributed by atoms with van der Waals surface area (Å²) in [4.78, 5) is 5.16. The van der Waals surface area contributed by atoms with Crippen LogP contribution in [-0.2, 0) is 16.0 Å². The normalized spacial score (nSPS) is 16.9. The Morgan fingerprint density at radius 1 is 0.875 bits per heavy atom. The summed E-state index contributed by atoms with van der Waals surface area (Å²) in [5.41, 5.74) is 2.68. The molecule has 1 aliphatic heterocycles. The molecule has 0 aliphatic carbocycles. The maximum absolute atomic E-state index is 5.66. The first-order valence-electron chi connectivity index (χ1n) is 13.1. The number of nitrogens with zero attached hydrogens (tertiary/aromatic N) is 2. The van der Waals surface area contributed by atoms with Crippen molar-refractivity contribution in [3.8, 4) is 0 Å². The Balaban J connectivity index is 1.49. The van der Waals surface area contributed by atoms with Crippen molar-refractivity contribution in [1.82, 2.24) is 10.2 Å². The molecule has 1 aromatic carbocycles. The van der Waals surface area contributed by atoms with Crippen LogP contribution >= 0.6 is 0 Å². The van der Waals surface area contributed by atoms with Gasteiger partial charge >= 0.3 is 0 Å². The second-order valence-electron chi connectivity index (χ2n) is 9.38. The van der Waals surface area contributed by atoms with E-state index in [1.54, 1.807) is 0 Å². The Labute approximate surface area is 197 Å². The van der Waals surface area contributed by atoms with Gasteiger partial charge in [0, 0.05) is 57.6 Å². The summed E-state index contributed by atoms with van der Waals surface area (Å²) >= 11 is 0. The molecular weight excluding hydrogens is 398 g/mol. The van der Waals surface area contributed by atoms with Crippen molar-refractivity contribution in [3.63, 3.8) is 0 Å². The van der Waals surface area contributed by atoms with Crippen LogP contribution in [0.25, 0.3) is 0 Å². The minimum Gasteiger partial charge on any atom is -0.379 e. The maximum Gasteiger partial charge on any atom is 0.0701 e. The predicted octanol–water partition coefficient (Wildman–Crippen LogP) is 4.95. The first-order chi connectivity index (χ1) is 15.6. The standard InChI is InChI=1S/C27H49N3O2/c1-5-8-25(4)29-15-17-30(18-16-29)27-12-10-26(11-13-27)23-28-14-20-32-22-21-31-19-7-9-24(3)6-2/h10-13,24-25,28H,5-9,14-23H2,1-4H3. The van der Waals surface area contributed by atoms with E-state index in [0.29, 0.717) is 19.3 Å². The molecule has 32 heavy (non-hydrogen) atoms. The Morgan fingerprint density at radius 3 is 2.22 bits per heavy atom. The van der Waals surface area contributed by atoms with Crippen molar-refractivity contribution in [2.24, 2.45) is 5.92 Å². The zero-order chi connectivity index (χ0) is 23.0. The second kappa shape index (κ2) is 16.5. The molecule has 2 atom stereocenters. The third kappa shape index (κ3) is 10.7. The Bertz CT molecular complexity index is 573. The molecule has 5 heteroatoms. The third-order valence-electron chi connectivity index (χ3n) is 6.75. The molecule has 1 N–H and O–H groups in total. The summed E-state index contributed by atoms with van der Waals surface area (Å²) < 4.78 is 11.3. The number of hydrogen-bond acceptors (Lipinski definition) is 5. The van der Waals surface area contributed by atoms with Crippen LogP contribution in [0.4, 0.5) is 5.69 Å². The summed E-state index contributed by atoms with van der Waals surface area (Å²) in [6.07, 6.45) is 6.26. The van der Waals surface area contributed by atoms with E-state index in [1.165, 1.54) is 50.0 Å². The lowest BCUT2D eigenvalue weighted by Gasteiger charge is -2.39. The van der Waals surface area contributed by atoms with Crippen LogP contribution in [0, 0.1) is 5.92 Å². The largest absolute Gasteiger partial charge is 0.379 e. The summed E-state index contributed by atoms with van der Waals surface area (Å²) in [6.45, 7) is 18.5. The number of benzene rings is 1. The quantitative estimate of drug-likeness (QED) is 0.342. The topological polar surface area (TPSA) is 37.0 Å². The molecule has 0 aromatic heterocycles. The zero-order valence-electron chi connectivity index (χ0n) is 21.3. The molecule has 0 saturated carbocycles. The minimum atomic E-state index is 0.685. The van der Waals surface area contributed by atoms with E-state index in [4.69, 9.17) is 9.47 Å². The fourth-order valence-electron chi connectivity index (χ4n) is 4.28. The zero-order valence-corrected chi connectivity index (χ0v) is 21.3. The molecule has 1 saturated heterocycles. The van der Waals surface area contributed by atoms with Crippen LogP contribution in [0.1, 0.15) is 65.4 Å². The summed E-state index contributed by atoms with van der Waals surface area (Å²) in [5.74, 6) is 0.812. The highest BCUT2D eigenvalue weighted by Crippen LogP contribution is 2.19. The van der Waals surface area contributed by atoms with Gasteiger partial charge in [0.05, 0.1) is 19.8 Å². The molecule has 2 unspecified atom stereocenters. The highest BCUT2D eigenvalue weighted by atomic mass is 16.5. The maximum atomic E-state index is 5.66. The molecule has 1 aliphatic rings. The van der Waals surface area contributed by atoms with Gasteiger partial charge in [-0.3, -0.25) is 4.90 Å². The number of nitrogens with one attached hydrogen (secondary N) is 1. The van der Waals surface area contributed by atoms with E-state index >= 15 is 0 Å². The van der Waals surface area contributed by atoms with Crippen molar-refractivity contribution >= 4 is 5.69 Å². The smallest absolute Gasteiger partial charge is 0.0701 e. The van der Waals surface area contributed by atoms with Crippen LogP contribution in [0.3, 0.4) is 0 Å². The molecule has 0 spiro atoms. The Morgan fingerprint density at radius 2 is 1.56 bits per heavy atom. The lowest BCUT2D eigenvalue weighted by molar-refractivity contribution is 0.0465. The van der Waals surface area contributed by atoms with Crippen molar-refractivity contribution < 1.29 is 9.47 Å². The highest BCUT2D eigenvalue weighted by Gasteiger charge is 2.20. The molecule has 5 nitrogen and oxygen atoms in total. The van der Waals surface area contributed by atoms with Gasteiger partial charge in [-0.15, -0.1) is 0 Å². The summed E-state index contributed by atoms with van der Waals surface area (Å²) in [6, 6.07) is 9.77. The SMILES string of the molecule is CCCC(C)N1CCN(c2ccc(CNCCOCCOCCCC(C)CC)cc2)CC1. The van der Waals surface area contributed by atoms with Crippen LogP contribution < -0.4 is 10.2 Å². The molecule has 1 heterocycles. The first kappa shape index (κ1) is 27.1. The molecule has 1 fully saturated rings. The molecule has 0 radical (unpaired) electrons. The molecule has 2 rings (SSSR count). The molecule has 0 bridgehead atoms. The van der Waals surface area contributed by atoms with Gasteiger partial charge in [0.25, 0.3) is 0 Å². The van der Waals surface area contributed by atoms with E-state index < -0.39 is 0 Å². The van der Waals surface area contributed by atoms with E-state index in [2.05, 4.69) is 67.1 Å². The van der Waals surface area contributed by atoms with Gasteiger partial charge in [-0.1, -0.05) is 45.7 Å². The third-order valence-corrected chi connectivity index (χ3v) is 6.75. The average Bonchev–Trinajstić information content (AvgIpc) is 2.83. The molecular formula is C27H49N3O2. The predicted molar refractivity (Wildman–Crippen MR) is 137 cm³/mol. The number of ether oxygens (including phenoxy) is 2. The van der Waals surface area contributed by atoms with Gasteiger partial charge in [-0.2, -0.15) is 0 Å². The van der Waals surface area contributed by atoms with Crippen molar-refractivity contribution in [2.75, 3.05) is 64.1 Å². The fraction of sp³-hybridized carbons (Fsp3) is 0.778. The van der Waals surface area contributed by atoms with Gasteiger partial charge in [0.1, 0.15) is 0 Å². The number of anilines is 1. The van der Waals surface area contributed by atoms with E-state index in [9.17, 15) is 0 Å². The molecule has 1 aromatic rings. The Hall–Kier alpha value is -1.14. The fourth-order valence-corrected chi connectivity index (χ4v) is 4.28. The van der Waals surface area contributed by atoms with Gasteiger partial charge in [-0.25, -0.2) is 0 Å². The molecule has 0 amide bonds. The van der Waals surface area contributed by atoms with Crippen molar-refractivity contribution in [3.05, 3.63) is 29.8 Å². The highest BCUT2D eigenvalue weighted by molar-refractivity contribution is 5.48. The second-order valence-corrected chi connectivity index (χ2v) is 9.38. The first-order valence-corrected chi connectivity index (χ1v) is 13.1. The average molecular weight is 448 g/mol. The molecule has 184 valence electrons.